The summed E-state index contributed by atoms with van der Waals surface area (Å²) in [7, 11) is 1.82. The predicted octanol–water partition coefficient (Wildman–Crippen LogP) is 3.05. The standard InChI is InChI=1S/C21H25N5O2/c1-13-14(2)23-19-12-17(24-26(19)20(13)27)18-10-6-7-11-25(18)21(28)15-8-4-5-9-16(15)22-3/h4-5,8-9,12,18,22-23H,6-7,10-11H2,1-3H3/t18-/m0/s1. The number of aromatic nitrogens is 3. The number of carbonyl (C=O) groups is 1. The molecule has 3 aromatic rings. The van der Waals surface area contributed by atoms with Crippen molar-refractivity contribution in [2.75, 3.05) is 18.9 Å². The van der Waals surface area contributed by atoms with Crippen LogP contribution in [-0.2, 0) is 0 Å². The number of aryl methyl sites for hydroxylation is 1. The number of fused-ring (bicyclic) bond motifs is 1. The number of nitrogens with one attached hydrogen (secondary N) is 2. The van der Waals surface area contributed by atoms with Crippen LogP contribution in [0.15, 0.2) is 35.1 Å². The summed E-state index contributed by atoms with van der Waals surface area (Å²) in [5.74, 6) is -0.00889. The number of rotatable bonds is 3. The molecule has 1 fully saturated rings. The number of hydrogen-bond acceptors (Lipinski definition) is 4. The number of carbonyl (C=O) groups excluding carboxylic acids is 1. The number of para-hydroxylation sites is 1. The van der Waals surface area contributed by atoms with Crippen LogP contribution in [0.5, 0.6) is 0 Å². The normalized spacial score (nSPS) is 17.1. The zero-order chi connectivity index (χ0) is 19.8. The lowest BCUT2D eigenvalue weighted by Gasteiger charge is -2.35. The molecule has 7 heteroatoms. The van der Waals surface area contributed by atoms with Crippen molar-refractivity contribution in [2.24, 2.45) is 0 Å². The maximum Gasteiger partial charge on any atom is 0.277 e. The Morgan fingerprint density at radius 2 is 2.04 bits per heavy atom. The maximum absolute atomic E-state index is 13.3. The van der Waals surface area contributed by atoms with Crippen molar-refractivity contribution in [3.63, 3.8) is 0 Å². The first kappa shape index (κ1) is 18.3. The highest BCUT2D eigenvalue weighted by molar-refractivity contribution is 5.99. The van der Waals surface area contributed by atoms with Gasteiger partial charge in [-0.05, 0) is 45.2 Å². The van der Waals surface area contributed by atoms with Gasteiger partial charge in [-0.1, -0.05) is 12.1 Å². The zero-order valence-electron chi connectivity index (χ0n) is 16.5. The molecule has 2 aromatic heterocycles. The van der Waals surface area contributed by atoms with Crippen LogP contribution in [0.1, 0.15) is 52.6 Å². The van der Waals surface area contributed by atoms with Crippen molar-refractivity contribution in [1.82, 2.24) is 19.5 Å². The van der Waals surface area contributed by atoms with Crippen molar-refractivity contribution in [1.29, 1.82) is 0 Å². The molecule has 0 saturated carbocycles. The van der Waals surface area contributed by atoms with Gasteiger partial charge in [0.05, 0.1) is 17.3 Å². The first-order chi connectivity index (χ1) is 13.5. The minimum atomic E-state index is -0.139. The monoisotopic (exact) mass is 379 g/mol. The van der Waals surface area contributed by atoms with Gasteiger partial charge in [0, 0.05) is 36.6 Å². The molecule has 4 rings (SSSR count). The van der Waals surface area contributed by atoms with Gasteiger partial charge >= 0.3 is 0 Å². The molecule has 1 atom stereocenters. The van der Waals surface area contributed by atoms with E-state index in [0.29, 0.717) is 23.3 Å². The molecule has 0 radical (unpaired) electrons. The van der Waals surface area contributed by atoms with Crippen LogP contribution in [0, 0.1) is 13.8 Å². The molecule has 146 valence electrons. The number of H-pyrrole nitrogens is 1. The third kappa shape index (κ3) is 2.96. The lowest BCUT2D eigenvalue weighted by molar-refractivity contribution is 0.0606. The number of anilines is 1. The van der Waals surface area contributed by atoms with E-state index in [1.165, 1.54) is 4.52 Å². The maximum atomic E-state index is 13.3. The molecule has 1 aliphatic rings. The Kier molecular flexibility index (Phi) is 4.66. The number of amides is 1. The van der Waals surface area contributed by atoms with Crippen LogP contribution in [0.2, 0.25) is 0 Å². The fraction of sp³-hybridized carbons (Fsp3) is 0.381. The van der Waals surface area contributed by atoms with Gasteiger partial charge in [-0.25, -0.2) is 0 Å². The largest absolute Gasteiger partial charge is 0.387 e. The van der Waals surface area contributed by atoms with E-state index in [2.05, 4.69) is 15.4 Å². The van der Waals surface area contributed by atoms with E-state index < -0.39 is 0 Å². The molecule has 0 unspecified atom stereocenters. The molecule has 0 aliphatic carbocycles. The Labute approximate surface area is 163 Å². The fourth-order valence-electron chi connectivity index (χ4n) is 3.94. The summed E-state index contributed by atoms with van der Waals surface area (Å²) in [6.07, 6.45) is 2.83. The van der Waals surface area contributed by atoms with Gasteiger partial charge in [-0.15, -0.1) is 0 Å². The van der Waals surface area contributed by atoms with Crippen LogP contribution in [0.3, 0.4) is 0 Å². The van der Waals surface area contributed by atoms with E-state index in [4.69, 9.17) is 0 Å². The molecule has 0 spiro atoms. The minimum absolute atomic E-state index is 0.00889. The highest BCUT2D eigenvalue weighted by Gasteiger charge is 2.31. The molecule has 7 nitrogen and oxygen atoms in total. The molecule has 1 amide bonds. The molecule has 1 saturated heterocycles. The summed E-state index contributed by atoms with van der Waals surface area (Å²) >= 11 is 0. The lowest BCUT2D eigenvalue weighted by Crippen LogP contribution is -2.39. The van der Waals surface area contributed by atoms with Gasteiger partial charge in [0.2, 0.25) is 0 Å². The number of nitrogens with zero attached hydrogens (tertiary/aromatic N) is 3. The molecule has 1 aliphatic heterocycles. The first-order valence-corrected chi connectivity index (χ1v) is 9.68. The van der Waals surface area contributed by atoms with E-state index in [0.717, 1.165) is 36.3 Å². The molecule has 3 heterocycles. The van der Waals surface area contributed by atoms with Gasteiger partial charge in [-0.2, -0.15) is 9.61 Å². The quantitative estimate of drug-likeness (QED) is 0.733. The first-order valence-electron chi connectivity index (χ1n) is 9.68. The third-order valence-electron chi connectivity index (χ3n) is 5.65. The SMILES string of the molecule is CNc1ccccc1C(=O)N1CCCC[C@H]1c1cc2[nH]c(C)c(C)c(=O)n2n1. The Morgan fingerprint density at radius 1 is 1.25 bits per heavy atom. The minimum Gasteiger partial charge on any atom is -0.387 e. The summed E-state index contributed by atoms with van der Waals surface area (Å²) in [5.41, 5.74) is 4.26. The van der Waals surface area contributed by atoms with E-state index >= 15 is 0 Å². The van der Waals surface area contributed by atoms with Crippen molar-refractivity contribution in [3.05, 3.63) is 63.2 Å². The van der Waals surface area contributed by atoms with Crippen LogP contribution in [0.25, 0.3) is 5.65 Å². The molecule has 0 bridgehead atoms. The third-order valence-corrected chi connectivity index (χ3v) is 5.65. The van der Waals surface area contributed by atoms with Crippen LogP contribution in [-0.4, -0.2) is 39.0 Å². The fourth-order valence-corrected chi connectivity index (χ4v) is 3.94. The topological polar surface area (TPSA) is 82.5 Å². The second-order valence-electron chi connectivity index (χ2n) is 7.35. The van der Waals surface area contributed by atoms with Gasteiger partial charge in [0.15, 0.2) is 0 Å². The highest BCUT2D eigenvalue weighted by atomic mass is 16.2. The van der Waals surface area contributed by atoms with Crippen LogP contribution >= 0.6 is 0 Å². The van der Waals surface area contributed by atoms with Gasteiger partial charge < -0.3 is 15.2 Å². The second-order valence-corrected chi connectivity index (χ2v) is 7.35. The number of piperidine rings is 1. The smallest absolute Gasteiger partial charge is 0.277 e. The van der Waals surface area contributed by atoms with Crippen molar-refractivity contribution in [2.45, 2.75) is 39.2 Å². The van der Waals surface area contributed by atoms with Crippen molar-refractivity contribution < 1.29 is 4.79 Å². The zero-order valence-corrected chi connectivity index (χ0v) is 16.5. The lowest BCUT2D eigenvalue weighted by atomic mass is 9.98. The van der Waals surface area contributed by atoms with Gasteiger partial charge in [0.25, 0.3) is 11.5 Å². The second kappa shape index (κ2) is 7.14. The highest BCUT2D eigenvalue weighted by Crippen LogP contribution is 2.32. The van der Waals surface area contributed by atoms with E-state index in [1.807, 2.05) is 49.2 Å². The molecule has 1 aromatic carbocycles. The number of benzene rings is 1. The van der Waals surface area contributed by atoms with Gasteiger partial charge in [-0.3, -0.25) is 9.59 Å². The predicted molar refractivity (Wildman–Crippen MR) is 109 cm³/mol. The van der Waals surface area contributed by atoms with Gasteiger partial charge in [0.1, 0.15) is 5.65 Å². The van der Waals surface area contributed by atoms with Crippen molar-refractivity contribution >= 4 is 17.2 Å². The number of aromatic amines is 1. The Morgan fingerprint density at radius 3 is 2.82 bits per heavy atom. The van der Waals surface area contributed by atoms with Crippen LogP contribution in [0.4, 0.5) is 5.69 Å². The summed E-state index contributed by atoms with van der Waals surface area (Å²) in [6.45, 7) is 4.36. The molecular formula is C21H25N5O2. The molecule has 2 N–H and O–H groups in total. The molecular weight excluding hydrogens is 354 g/mol. The Balaban J connectivity index is 1.75. The summed E-state index contributed by atoms with van der Waals surface area (Å²) in [6, 6.07) is 9.30. The van der Waals surface area contributed by atoms with Crippen molar-refractivity contribution in [3.8, 4) is 0 Å². The Bertz CT molecular complexity index is 1100. The van der Waals surface area contributed by atoms with Crippen LogP contribution < -0.4 is 10.9 Å². The van der Waals surface area contributed by atoms with E-state index in [1.54, 1.807) is 6.92 Å². The summed E-state index contributed by atoms with van der Waals surface area (Å²) in [4.78, 5) is 31.0. The Hall–Kier alpha value is -3.09. The van der Waals surface area contributed by atoms with E-state index in [-0.39, 0.29) is 17.5 Å². The summed E-state index contributed by atoms with van der Waals surface area (Å²) in [5, 5.41) is 7.67. The molecule has 28 heavy (non-hydrogen) atoms. The average Bonchev–Trinajstić information content (AvgIpc) is 3.15. The summed E-state index contributed by atoms with van der Waals surface area (Å²) < 4.78 is 1.41. The average molecular weight is 379 g/mol. The number of hydrogen-bond donors (Lipinski definition) is 2. The van der Waals surface area contributed by atoms with E-state index in [9.17, 15) is 9.59 Å². The number of likely N-dealkylation sites (tertiary alicyclic amines) is 1.